The van der Waals surface area contributed by atoms with Gasteiger partial charge in [-0.2, -0.15) is 0 Å². The second kappa shape index (κ2) is 7.00. The monoisotopic (exact) mass is 289 g/mol. The molecule has 0 bridgehead atoms. The number of thioether (sulfide) groups is 1. The lowest BCUT2D eigenvalue weighted by atomic mass is 9.87. The van der Waals surface area contributed by atoms with Gasteiger partial charge in [-0.3, -0.25) is 0 Å². The first-order valence-electron chi connectivity index (χ1n) is 8.34. The second-order valence-electron chi connectivity index (χ2n) is 6.41. The Balaban J connectivity index is 1.59. The van der Waals surface area contributed by atoms with Crippen LogP contribution in [0.1, 0.15) is 57.4 Å². The van der Waals surface area contributed by atoms with Crippen LogP contribution in [0.2, 0.25) is 0 Å². The summed E-state index contributed by atoms with van der Waals surface area (Å²) in [5.41, 5.74) is 1.45. The lowest BCUT2D eigenvalue weighted by molar-refractivity contribution is 0.361. The van der Waals surface area contributed by atoms with Crippen LogP contribution in [0.25, 0.3) is 0 Å². The minimum atomic E-state index is 0.800. The maximum absolute atomic E-state index is 3.61. The summed E-state index contributed by atoms with van der Waals surface area (Å²) in [4.78, 5) is 1.48. The quantitative estimate of drug-likeness (QED) is 0.791. The predicted molar refractivity (Wildman–Crippen MR) is 88.2 cm³/mol. The van der Waals surface area contributed by atoms with Crippen molar-refractivity contribution in [3.63, 3.8) is 0 Å². The van der Waals surface area contributed by atoms with Crippen molar-refractivity contribution < 1.29 is 0 Å². The Labute approximate surface area is 127 Å². The minimum Gasteiger partial charge on any atom is -0.310 e. The van der Waals surface area contributed by atoms with Crippen LogP contribution >= 0.6 is 11.8 Å². The fourth-order valence-electron chi connectivity index (χ4n) is 3.25. The van der Waals surface area contributed by atoms with E-state index in [1.807, 2.05) is 0 Å². The molecule has 2 aliphatic carbocycles. The molecular formula is C18H27NS. The lowest BCUT2D eigenvalue weighted by Gasteiger charge is -2.30. The summed E-state index contributed by atoms with van der Waals surface area (Å²) in [7, 11) is 0. The van der Waals surface area contributed by atoms with Gasteiger partial charge >= 0.3 is 0 Å². The van der Waals surface area contributed by atoms with Gasteiger partial charge in [-0.05, 0) is 49.3 Å². The van der Waals surface area contributed by atoms with Crippen LogP contribution in [0, 0.1) is 5.92 Å². The Morgan fingerprint density at radius 1 is 1.15 bits per heavy atom. The van der Waals surface area contributed by atoms with E-state index >= 15 is 0 Å². The summed E-state index contributed by atoms with van der Waals surface area (Å²) < 4.78 is 0. The van der Waals surface area contributed by atoms with Crippen LogP contribution < -0.4 is 5.32 Å². The molecule has 0 saturated heterocycles. The molecule has 0 amide bonds. The molecule has 110 valence electrons. The second-order valence-corrected chi connectivity index (χ2v) is 7.72. The molecule has 1 aromatic rings. The first-order valence-corrected chi connectivity index (χ1v) is 9.22. The van der Waals surface area contributed by atoms with Crippen LogP contribution in [-0.4, -0.2) is 11.3 Å². The van der Waals surface area contributed by atoms with Gasteiger partial charge in [0.1, 0.15) is 0 Å². The van der Waals surface area contributed by atoms with Crippen molar-refractivity contribution in [3.05, 3.63) is 29.8 Å². The van der Waals surface area contributed by atoms with Crippen molar-refractivity contribution in [1.29, 1.82) is 0 Å². The normalized spacial score (nSPS) is 26.6. The van der Waals surface area contributed by atoms with Gasteiger partial charge in [0.25, 0.3) is 0 Å². The Morgan fingerprint density at radius 2 is 2.00 bits per heavy atom. The van der Waals surface area contributed by atoms with E-state index in [4.69, 9.17) is 0 Å². The van der Waals surface area contributed by atoms with E-state index in [0.717, 1.165) is 23.8 Å². The van der Waals surface area contributed by atoms with Gasteiger partial charge in [-0.1, -0.05) is 38.3 Å². The Bertz CT molecular complexity index is 427. The molecule has 0 aromatic heterocycles. The zero-order chi connectivity index (χ0) is 13.8. The first kappa shape index (κ1) is 14.5. The van der Waals surface area contributed by atoms with E-state index in [2.05, 4.69) is 48.3 Å². The van der Waals surface area contributed by atoms with Crippen LogP contribution in [-0.2, 0) is 6.54 Å². The van der Waals surface area contributed by atoms with Gasteiger partial charge < -0.3 is 5.32 Å². The van der Waals surface area contributed by atoms with Gasteiger partial charge in [0, 0.05) is 22.7 Å². The van der Waals surface area contributed by atoms with Crippen LogP contribution in [0.4, 0.5) is 0 Å². The van der Waals surface area contributed by atoms with Gasteiger partial charge in [-0.25, -0.2) is 0 Å². The summed E-state index contributed by atoms with van der Waals surface area (Å²) in [5.74, 6) is 0.932. The van der Waals surface area contributed by atoms with E-state index in [1.54, 1.807) is 0 Å². The zero-order valence-corrected chi connectivity index (χ0v) is 13.4. The number of hydrogen-bond acceptors (Lipinski definition) is 2. The molecule has 2 fully saturated rings. The zero-order valence-electron chi connectivity index (χ0n) is 12.6. The van der Waals surface area contributed by atoms with E-state index in [-0.39, 0.29) is 0 Å². The third kappa shape index (κ3) is 4.02. The third-order valence-corrected chi connectivity index (χ3v) is 6.17. The summed E-state index contributed by atoms with van der Waals surface area (Å²) in [6.07, 6.45) is 9.81. The predicted octanol–water partition coefficient (Wildman–Crippen LogP) is 5.00. The maximum atomic E-state index is 3.61. The molecule has 0 heterocycles. The van der Waals surface area contributed by atoms with Crippen molar-refractivity contribution in [2.75, 3.05) is 0 Å². The SMILES string of the molecule is CCC1CCCCC1Sc1cccc(CNC2CC2)c1. The molecule has 0 radical (unpaired) electrons. The molecule has 0 spiro atoms. The maximum Gasteiger partial charge on any atom is 0.0208 e. The largest absolute Gasteiger partial charge is 0.310 e. The van der Waals surface area contributed by atoms with Gasteiger partial charge in [-0.15, -0.1) is 11.8 Å². The van der Waals surface area contributed by atoms with Crippen molar-refractivity contribution in [3.8, 4) is 0 Å². The highest BCUT2D eigenvalue weighted by Gasteiger charge is 2.24. The Hall–Kier alpha value is -0.470. The Morgan fingerprint density at radius 3 is 2.80 bits per heavy atom. The molecule has 1 nitrogen and oxygen atoms in total. The molecule has 2 atom stereocenters. The summed E-state index contributed by atoms with van der Waals surface area (Å²) in [6.45, 7) is 3.40. The van der Waals surface area contributed by atoms with Gasteiger partial charge in [0.05, 0.1) is 0 Å². The van der Waals surface area contributed by atoms with Crippen molar-refractivity contribution in [1.82, 2.24) is 5.32 Å². The highest BCUT2D eigenvalue weighted by atomic mass is 32.2. The average molecular weight is 289 g/mol. The molecule has 2 unspecified atom stereocenters. The minimum absolute atomic E-state index is 0.800. The summed E-state index contributed by atoms with van der Waals surface area (Å²) in [5, 5.41) is 4.46. The average Bonchev–Trinajstić information content (AvgIpc) is 3.30. The fourth-order valence-corrected chi connectivity index (χ4v) is 4.78. The number of hydrogen-bond donors (Lipinski definition) is 1. The molecule has 20 heavy (non-hydrogen) atoms. The lowest BCUT2D eigenvalue weighted by Crippen LogP contribution is -2.21. The van der Waals surface area contributed by atoms with Crippen LogP contribution in [0.5, 0.6) is 0 Å². The summed E-state index contributed by atoms with van der Waals surface area (Å²) in [6, 6.07) is 10.00. The van der Waals surface area contributed by atoms with Crippen molar-refractivity contribution in [2.45, 2.75) is 74.6 Å². The highest BCUT2D eigenvalue weighted by Crippen LogP contribution is 2.39. The Kier molecular flexibility index (Phi) is 5.06. The van der Waals surface area contributed by atoms with E-state index in [1.165, 1.54) is 55.4 Å². The van der Waals surface area contributed by atoms with E-state index < -0.39 is 0 Å². The van der Waals surface area contributed by atoms with E-state index in [9.17, 15) is 0 Å². The van der Waals surface area contributed by atoms with Crippen LogP contribution in [0.3, 0.4) is 0 Å². The number of benzene rings is 1. The molecule has 2 aliphatic rings. The molecule has 1 N–H and O–H groups in total. The van der Waals surface area contributed by atoms with Gasteiger partial charge in [0.15, 0.2) is 0 Å². The molecule has 3 rings (SSSR count). The smallest absolute Gasteiger partial charge is 0.0208 e. The van der Waals surface area contributed by atoms with E-state index in [0.29, 0.717) is 0 Å². The molecule has 1 aromatic carbocycles. The number of nitrogens with one attached hydrogen (secondary N) is 1. The van der Waals surface area contributed by atoms with Gasteiger partial charge in [0.2, 0.25) is 0 Å². The van der Waals surface area contributed by atoms with Crippen molar-refractivity contribution >= 4 is 11.8 Å². The number of rotatable bonds is 6. The summed E-state index contributed by atoms with van der Waals surface area (Å²) >= 11 is 2.13. The highest BCUT2D eigenvalue weighted by molar-refractivity contribution is 8.00. The van der Waals surface area contributed by atoms with Crippen molar-refractivity contribution in [2.24, 2.45) is 5.92 Å². The molecule has 0 aliphatic heterocycles. The first-order chi connectivity index (χ1) is 9.85. The fraction of sp³-hybridized carbons (Fsp3) is 0.667. The standard InChI is InChI=1S/C18H27NS/c1-2-15-7-3-4-9-18(15)20-17-8-5-6-14(12-17)13-19-16-10-11-16/h5-6,8,12,15-16,18-19H,2-4,7,9-11,13H2,1H3. The molecule has 2 heteroatoms. The molecule has 2 saturated carbocycles. The van der Waals surface area contributed by atoms with Crippen LogP contribution in [0.15, 0.2) is 29.2 Å². The molecular weight excluding hydrogens is 262 g/mol. The third-order valence-electron chi connectivity index (χ3n) is 4.72. The topological polar surface area (TPSA) is 12.0 Å².